The van der Waals surface area contributed by atoms with Crippen LogP contribution in [0, 0.1) is 6.92 Å². The van der Waals surface area contributed by atoms with Crippen molar-refractivity contribution in [3.8, 4) is 0 Å². The molecular weight excluding hydrogens is 348 g/mol. The molecule has 4 rings (SSSR count). The maximum atomic E-state index is 12.6. The second-order valence-corrected chi connectivity index (χ2v) is 7.40. The van der Waals surface area contributed by atoms with Crippen molar-refractivity contribution in [2.75, 3.05) is 26.2 Å². The molecule has 0 unspecified atom stereocenters. The van der Waals surface area contributed by atoms with Crippen molar-refractivity contribution in [1.29, 1.82) is 0 Å². The lowest BCUT2D eigenvalue weighted by atomic mass is 10.0. The number of carbonyl (C=O) groups is 2. The summed E-state index contributed by atoms with van der Waals surface area (Å²) < 4.78 is 0. The number of hydrogen-bond donors (Lipinski definition) is 0. The van der Waals surface area contributed by atoms with Crippen LogP contribution in [-0.2, 0) is 11.3 Å². The highest BCUT2D eigenvalue weighted by molar-refractivity contribution is 6.42. The largest absolute Gasteiger partial charge is 0.333 e. The van der Waals surface area contributed by atoms with Gasteiger partial charge in [-0.2, -0.15) is 0 Å². The van der Waals surface area contributed by atoms with Crippen LogP contribution in [0.4, 0.5) is 0 Å². The van der Waals surface area contributed by atoms with E-state index in [1.54, 1.807) is 17.0 Å². The van der Waals surface area contributed by atoms with Gasteiger partial charge in [0.2, 0.25) is 5.78 Å². The Morgan fingerprint density at radius 2 is 1.50 bits per heavy atom. The Hall–Kier alpha value is -2.98. The Morgan fingerprint density at radius 3 is 2.25 bits per heavy atom. The predicted octanol–water partition coefficient (Wildman–Crippen LogP) is 3.68. The maximum absolute atomic E-state index is 12.6. The van der Waals surface area contributed by atoms with Crippen molar-refractivity contribution >= 4 is 22.5 Å². The number of aryl methyl sites for hydroxylation is 1. The van der Waals surface area contributed by atoms with Gasteiger partial charge in [-0.1, -0.05) is 72.3 Å². The molecule has 1 heterocycles. The van der Waals surface area contributed by atoms with Crippen LogP contribution in [0.25, 0.3) is 10.8 Å². The van der Waals surface area contributed by atoms with Crippen molar-refractivity contribution in [3.05, 3.63) is 83.4 Å². The van der Waals surface area contributed by atoms with Crippen LogP contribution in [0.3, 0.4) is 0 Å². The minimum absolute atomic E-state index is 0.395. The standard InChI is InChI=1S/C24H24N2O2/c1-18-9-11-20(12-10-18)23(27)24(28)26-15-13-25(14-16-26)17-21-7-4-6-19-5-2-3-8-22(19)21/h2-12H,13-17H2,1H3. The van der Waals surface area contributed by atoms with E-state index in [2.05, 4.69) is 47.4 Å². The van der Waals surface area contributed by atoms with E-state index in [1.807, 2.05) is 19.1 Å². The summed E-state index contributed by atoms with van der Waals surface area (Å²) in [6.45, 7) is 5.54. The van der Waals surface area contributed by atoms with Crippen molar-refractivity contribution in [2.24, 2.45) is 0 Å². The molecule has 0 atom stereocenters. The number of ketones is 1. The van der Waals surface area contributed by atoms with Gasteiger partial charge in [-0.05, 0) is 23.3 Å². The first-order chi connectivity index (χ1) is 13.6. The summed E-state index contributed by atoms with van der Waals surface area (Å²) in [4.78, 5) is 29.1. The quantitative estimate of drug-likeness (QED) is 0.518. The number of fused-ring (bicyclic) bond motifs is 1. The average Bonchev–Trinajstić information content (AvgIpc) is 2.74. The van der Waals surface area contributed by atoms with Crippen molar-refractivity contribution in [2.45, 2.75) is 13.5 Å². The highest BCUT2D eigenvalue weighted by Gasteiger charge is 2.26. The monoisotopic (exact) mass is 372 g/mol. The van der Waals surface area contributed by atoms with E-state index in [-0.39, 0.29) is 0 Å². The summed E-state index contributed by atoms with van der Waals surface area (Å²) in [6.07, 6.45) is 0. The second kappa shape index (κ2) is 7.95. The Balaban J connectivity index is 1.38. The first kappa shape index (κ1) is 18.4. The number of benzene rings is 3. The molecule has 4 nitrogen and oxygen atoms in total. The predicted molar refractivity (Wildman–Crippen MR) is 111 cm³/mol. The molecule has 3 aromatic carbocycles. The summed E-state index contributed by atoms with van der Waals surface area (Å²) in [7, 11) is 0. The van der Waals surface area contributed by atoms with Gasteiger partial charge in [0.25, 0.3) is 5.91 Å². The number of nitrogens with zero attached hydrogens (tertiary/aromatic N) is 2. The Bertz CT molecular complexity index is 997. The molecule has 4 heteroatoms. The normalized spacial score (nSPS) is 15.0. The first-order valence-electron chi connectivity index (χ1n) is 9.71. The molecule has 142 valence electrons. The third kappa shape index (κ3) is 3.82. The molecule has 0 radical (unpaired) electrons. The zero-order chi connectivity index (χ0) is 19.5. The fourth-order valence-electron chi connectivity index (χ4n) is 3.75. The van der Waals surface area contributed by atoms with Gasteiger partial charge < -0.3 is 4.90 Å². The van der Waals surface area contributed by atoms with E-state index in [0.29, 0.717) is 18.7 Å². The lowest BCUT2D eigenvalue weighted by Crippen LogP contribution is -2.50. The van der Waals surface area contributed by atoms with E-state index in [1.165, 1.54) is 16.3 Å². The average molecular weight is 372 g/mol. The highest BCUT2D eigenvalue weighted by atomic mass is 16.2. The lowest BCUT2D eigenvalue weighted by molar-refractivity contribution is -0.128. The van der Waals surface area contributed by atoms with E-state index in [0.717, 1.165) is 25.2 Å². The fourth-order valence-corrected chi connectivity index (χ4v) is 3.75. The molecule has 1 amide bonds. The van der Waals surface area contributed by atoms with Crippen LogP contribution >= 0.6 is 0 Å². The van der Waals surface area contributed by atoms with Crippen molar-refractivity contribution in [3.63, 3.8) is 0 Å². The van der Waals surface area contributed by atoms with Crippen LogP contribution in [0.1, 0.15) is 21.5 Å². The molecule has 1 saturated heterocycles. The van der Waals surface area contributed by atoms with Gasteiger partial charge in [-0.15, -0.1) is 0 Å². The minimum atomic E-state index is -0.414. The molecule has 0 saturated carbocycles. The first-order valence-corrected chi connectivity index (χ1v) is 9.71. The third-order valence-electron chi connectivity index (χ3n) is 5.44. The summed E-state index contributed by atoms with van der Waals surface area (Å²) >= 11 is 0. The van der Waals surface area contributed by atoms with Crippen LogP contribution in [-0.4, -0.2) is 47.7 Å². The van der Waals surface area contributed by atoms with Gasteiger partial charge in [0.15, 0.2) is 0 Å². The van der Waals surface area contributed by atoms with Gasteiger partial charge >= 0.3 is 0 Å². The molecule has 3 aromatic rings. The van der Waals surface area contributed by atoms with Gasteiger partial charge in [-0.25, -0.2) is 0 Å². The van der Waals surface area contributed by atoms with E-state index < -0.39 is 11.7 Å². The number of piperazine rings is 1. The van der Waals surface area contributed by atoms with Crippen LogP contribution < -0.4 is 0 Å². The van der Waals surface area contributed by atoms with E-state index in [4.69, 9.17) is 0 Å². The molecule has 0 aliphatic carbocycles. The van der Waals surface area contributed by atoms with Crippen LogP contribution in [0.2, 0.25) is 0 Å². The van der Waals surface area contributed by atoms with Crippen molar-refractivity contribution in [1.82, 2.24) is 9.80 Å². The SMILES string of the molecule is Cc1ccc(C(=O)C(=O)N2CCN(Cc3cccc4ccccc34)CC2)cc1. The molecular formula is C24H24N2O2. The number of carbonyl (C=O) groups excluding carboxylic acids is 2. The number of amides is 1. The Kier molecular flexibility index (Phi) is 5.22. The van der Waals surface area contributed by atoms with Gasteiger partial charge in [0.1, 0.15) is 0 Å². The number of rotatable bonds is 4. The molecule has 0 aromatic heterocycles. The van der Waals surface area contributed by atoms with Gasteiger partial charge in [-0.3, -0.25) is 14.5 Å². The molecule has 0 N–H and O–H groups in total. The number of Topliss-reactive ketones (excluding diaryl/α,β-unsaturated/α-hetero) is 1. The second-order valence-electron chi connectivity index (χ2n) is 7.40. The van der Waals surface area contributed by atoms with Crippen LogP contribution in [0.5, 0.6) is 0 Å². The Labute approximate surface area is 165 Å². The lowest BCUT2D eigenvalue weighted by Gasteiger charge is -2.34. The maximum Gasteiger partial charge on any atom is 0.295 e. The van der Waals surface area contributed by atoms with Gasteiger partial charge in [0, 0.05) is 38.3 Å². The number of hydrogen-bond acceptors (Lipinski definition) is 3. The molecule has 1 aliphatic heterocycles. The summed E-state index contributed by atoms with van der Waals surface area (Å²) in [5, 5.41) is 2.52. The fraction of sp³-hybridized carbons (Fsp3) is 0.250. The minimum Gasteiger partial charge on any atom is -0.333 e. The summed E-state index contributed by atoms with van der Waals surface area (Å²) in [5.74, 6) is -0.809. The van der Waals surface area contributed by atoms with E-state index in [9.17, 15) is 9.59 Å². The van der Waals surface area contributed by atoms with E-state index >= 15 is 0 Å². The molecule has 0 spiro atoms. The Morgan fingerprint density at radius 1 is 0.821 bits per heavy atom. The smallest absolute Gasteiger partial charge is 0.295 e. The molecule has 28 heavy (non-hydrogen) atoms. The van der Waals surface area contributed by atoms with Crippen molar-refractivity contribution < 1.29 is 9.59 Å². The van der Waals surface area contributed by atoms with Gasteiger partial charge in [0.05, 0.1) is 0 Å². The highest BCUT2D eigenvalue weighted by Crippen LogP contribution is 2.20. The topological polar surface area (TPSA) is 40.6 Å². The molecule has 0 bridgehead atoms. The molecule has 1 fully saturated rings. The molecule has 1 aliphatic rings. The summed E-state index contributed by atoms with van der Waals surface area (Å²) in [5.41, 5.74) is 2.84. The zero-order valence-electron chi connectivity index (χ0n) is 16.1. The third-order valence-corrected chi connectivity index (χ3v) is 5.44. The summed E-state index contributed by atoms with van der Waals surface area (Å²) in [6, 6.07) is 22.0. The van der Waals surface area contributed by atoms with Crippen LogP contribution in [0.15, 0.2) is 66.7 Å². The zero-order valence-corrected chi connectivity index (χ0v) is 16.1.